The molecule has 5 heteroatoms. The van der Waals surface area contributed by atoms with Gasteiger partial charge in [0, 0.05) is 24.4 Å². The zero-order valence-electron chi connectivity index (χ0n) is 10.7. The van der Waals surface area contributed by atoms with E-state index in [4.69, 9.17) is 5.11 Å². The van der Waals surface area contributed by atoms with Crippen LogP contribution in [0.1, 0.15) is 22.5 Å². The lowest BCUT2D eigenvalue weighted by Crippen LogP contribution is -2.13. The van der Waals surface area contributed by atoms with Gasteiger partial charge in [-0.15, -0.1) is 0 Å². The normalized spacial score (nSPS) is 9.45. The van der Waals surface area contributed by atoms with Gasteiger partial charge < -0.3 is 10.4 Å². The van der Waals surface area contributed by atoms with Crippen LogP contribution in [0.4, 0.5) is 5.69 Å². The molecule has 2 heterocycles. The fourth-order valence-corrected chi connectivity index (χ4v) is 1.45. The van der Waals surface area contributed by atoms with Crippen molar-refractivity contribution < 1.29 is 9.90 Å². The van der Waals surface area contributed by atoms with Crippen LogP contribution in [0.15, 0.2) is 42.9 Å². The summed E-state index contributed by atoms with van der Waals surface area (Å²) in [4.78, 5) is 19.9. The fourth-order valence-electron chi connectivity index (χ4n) is 1.45. The molecule has 0 saturated carbocycles. The topological polar surface area (TPSA) is 75.1 Å². The summed E-state index contributed by atoms with van der Waals surface area (Å²) in [5.74, 6) is 5.34. The van der Waals surface area contributed by atoms with E-state index in [0.717, 1.165) is 0 Å². The number of carbonyl (C=O) groups is 1. The minimum Gasteiger partial charge on any atom is -0.395 e. The molecule has 0 radical (unpaired) electrons. The van der Waals surface area contributed by atoms with E-state index in [1.807, 2.05) is 0 Å². The van der Waals surface area contributed by atoms with Gasteiger partial charge in [0.2, 0.25) is 0 Å². The number of anilines is 1. The first kappa shape index (κ1) is 13.7. The molecule has 0 aliphatic carbocycles. The highest BCUT2D eigenvalue weighted by atomic mass is 16.2. The number of nitrogens with zero attached hydrogens (tertiary/aromatic N) is 2. The van der Waals surface area contributed by atoms with Gasteiger partial charge in [-0.1, -0.05) is 11.8 Å². The number of pyridine rings is 2. The van der Waals surface area contributed by atoms with Gasteiger partial charge >= 0.3 is 0 Å². The Labute approximate surface area is 116 Å². The number of hydrogen-bond acceptors (Lipinski definition) is 4. The van der Waals surface area contributed by atoms with Gasteiger partial charge in [0.05, 0.1) is 18.5 Å². The van der Waals surface area contributed by atoms with E-state index in [2.05, 4.69) is 27.1 Å². The summed E-state index contributed by atoms with van der Waals surface area (Å²) in [6.45, 7) is 0.0338. The lowest BCUT2D eigenvalue weighted by Gasteiger charge is -2.03. The monoisotopic (exact) mass is 267 g/mol. The second-order valence-corrected chi connectivity index (χ2v) is 3.90. The number of aliphatic hydroxyl groups is 1. The van der Waals surface area contributed by atoms with Crippen LogP contribution < -0.4 is 5.32 Å². The Bertz CT molecular complexity index is 628. The number of rotatable bonds is 3. The number of amides is 1. The van der Waals surface area contributed by atoms with Crippen molar-refractivity contribution >= 4 is 11.6 Å². The maximum absolute atomic E-state index is 11.9. The van der Waals surface area contributed by atoms with Crippen molar-refractivity contribution in [3.05, 3.63) is 54.1 Å². The van der Waals surface area contributed by atoms with E-state index in [1.54, 1.807) is 36.7 Å². The number of aliphatic hydroxyl groups excluding tert-OH is 1. The number of hydrogen-bond donors (Lipinski definition) is 2. The zero-order valence-corrected chi connectivity index (χ0v) is 10.7. The smallest absolute Gasteiger partial charge is 0.274 e. The lowest BCUT2D eigenvalue weighted by atomic mass is 10.2. The van der Waals surface area contributed by atoms with Crippen molar-refractivity contribution in [2.45, 2.75) is 6.42 Å². The predicted molar refractivity (Wildman–Crippen MR) is 75.0 cm³/mol. The van der Waals surface area contributed by atoms with Crippen LogP contribution in [0.5, 0.6) is 0 Å². The second-order valence-electron chi connectivity index (χ2n) is 3.90. The van der Waals surface area contributed by atoms with Gasteiger partial charge in [-0.25, -0.2) is 4.98 Å². The average Bonchev–Trinajstić information content (AvgIpc) is 2.49. The third-order valence-corrected chi connectivity index (χ3v) is 2.39. The maximum Gasteiger partial charge on any atom is 0.274 e. The largest absolute Gasteiger partial charge is 0.395 e. The highest BCUT2D eigenvalue weighted by Crippen LogP contribution is 2.06. The van der Waals surface area contributed by atoms with Crippen LogP contribution in [0, 0.1) is 11.8 Å². The van der Waals surface area contributed by atoms with Crippen LogP contribution in [-0.2, 0) is 0 Å². The van der Waals surface area contributed by atoms with Gasteiger partial charge in [0.15, 0.2) is 0 Å². The van der Waals surface area contributed by atoms with Crippen molar-refractivity contribution in [3.8, 4) is 11.8 Å². The average molecular weight is 267 g/mol. The summed E-state index contributed by atoms with van der Waals surface area (Å²) in [6, 6.07) is 6.81. The van der Waals surface area contributed by atoms with Crippen LogP contribution in [0.3, 0.4) is 0 Å². The molecule has 0 bridgehead atoms. The number of nitrogens with one attached hydrogen (secondary N) is 1. The molecule has 0 spiro atoms. The number of aromatic nitrogens is 2. The first-order chi connectivity index (χ1) is 9.79. The van der Waals surface area contributed by atoms with E-state index >= 15 is 0 Å². The quantitative estimate of drug-likeness (QED) is 0.826. The number of carbonyl (C=O) groups excluding carboxylic acids is 1. The zero-order chi connectivity index (χ0) is 14.2. The Balaban J connectivity index is 2.03. The fraction of sp³-hybridized carbons (Fsp3) is 0.133. The van der Waals surface area contributed by atoms with Crippen molar-refractivity contribution in [2.24, 2.45) is 0 Å². The molecule has 1 amide bonds. The lowest BCUT2D eigenvalue weighted by molar-refractivity contribution is 0.102. The Morgan fingerprint density at radius 1 is 1.30 bits per heavy atom. The Kier molecular flexibility index (Phi) is 4.81. The molecule has 2 N–H and O–H groups in total. The summed E-state index contributed by atoms with van der Waals surface area (Å²) in [6.07, 6.45) is 5.15. The van der Waals surface area contributed by atoms with Crippen molar-refractivity contribution in [1.82, 2.24) is 9.97 Å². The summed E-state index contributed by atoms with van der Waals surface area (Å²) in [5.41, 5.74) is 1.63. The van der Waals surface area contributed by atoms with E-state index in [1.165, 1.54) is 6.20 Å². The maximum atomic E-state index is 11.9. The minimum atomic E-state index is -0.298. The van der Waals surface area contributed by atoms with Gasteiger partial charge in [-0.3, -0.25) is 9.78 Å². The third-order valence-electron chi connectivity index (χ3n) is 2.39. The molecule has 0 unspecified atom stereocenters. The Morgan fingerprint density at radius 2 is 2.20 bits per heavy atom. The SMILES string of the molecule is O=C(Nc1cccnc1)c1ccc(C#CCCO)cn1. The van der Waals surface area contributed by atoms with Crippen LogP contribution in [0.2, 0.25) is 0 Å². The molecule has 0 saturated heterocycles. The van der Waals surface area contributed by atoms with Crippen LogP contribution in [0.25, 0.3) is 0 Å². The highest BCUT2D eigenvalue weighted by molar-refractivity contribution is 6.02. The first-order valence-electron chi connectivity index (χ1n) is 6.07. The molecule has 0 atom stereocenters. The molecule has 0 aliphatic heterocycles. The van der Waals surface area contributed by atoms with Crippen LogP contribution in [-0.4, -0.2) is 27.6 Å². The molecule has 20 heavy (non-hydrogen) atoms. The molecule has 2 aromatic heterocycles. The van der Waals surface area contributed by atoms with E-state index in [-0.39, 0.29) is 12.5 Å². The first-order valence-corrected chi connectivity index (χ1v) is 6.07. The Morgan fingerprint density at radius 3 is 2.85 bits per heavy atom. The van der Waals surface area contributed by atoms with Crippen molar-refractivity contribution in [3.63, 3.8) is 0 Å². The molecule has 100 valence electrons. The molecule has 5 nitrogen and oxygen atoms in total. The third kappa shape index (κ3) is 3.90. The van der Waals surface area contributed by atoms with E-state index < -0.39 is 0 Å². The molecule has 2 rings (SSSR count). The Hall–Kier alpha value is -2.71. The molecular weight excluding hydrogens is 254 g/mol. The summed E-state index contributed by atoms with van der Waals surface area (Å²) >= 11 is 0. The van der Waals surface area contributed by atoms with E-state index in [0.29, 0.717) is 23.4 Å². The molecule has 0 aliphatic rings. The molecule has 0 fully saturated rings. The predicted octanol–water partition coefficient (Wildman–Crippen LogP) is 1.46. The van der Waals surface area contributed by atoms with Crippen molar-refractivity contribution in [2.75, 3.05) is 11.9 Å². The molecule has 2 aromatic rings. The minimum absolute atomic E-state index is 0.0338. The van der Waals surface area contributed by atoms with Crippen molar-refractivity contribution in [1.29, 1.82) is 0 Å². The summed E-state index contributed by atoms with van der Waals surface area (Å²) in [5, 5.41) is 11.3. The van der Waals surface area contributed by atoms with E-state index in [9.17, 15) is 4.79 Å². The van der Waals surface area contributed by atoms with Crippen LogP contribution >= 0.6 is 0 Å². The standard InChI is InChI=1S/C15H13N3O2/c19-9-2-1-4-12-6-7-14(17-10-12)15(20)18-13-5-3-8-16-11-13/h3,5-8,10-11,19H,2,9H2,(H,18,20). The molecule has 0 aromatic carbocycles. The van der Waals surface area contributed by atoms with Gasteiger partial charge in [0.25, 0.3) is 5.91 Å². The van der Waals surface area contributed by atoms with Gasteiger partial charge in [0.1, 0.15) is 5.69 Å². The summed E-state index contributed by atoms with van der Waals surface area (Å²) in [7, 11) is 0. The molecular formula is C15H13N3O2. The second kappa shape index (κ2) is 7.02. The highest BCUT2D eigenvalue weighted by Gasteiger charge is 2.06. The van der Waals surface area contributed by atoms with Gasteiger partial charge in [-0.05, 0) is 24.3 Å². The summed E-state index contributed by atoms with van der Waals surface area (Å²) < 4.78 is 0. The van der Waals surface area contributed by atoms with Gasteiger partial charge in [-0.2, -0.15) is 0 Å².